The average Bonchev–Trinajstić information content (AvgIpc) is 3.14. The van der Waals surface area contributed by atoms with Gasteiger partial charge in [-0.2, -0.15) is 0 Å². The molecule has 4 aromatic rings. The lowest BCUT2D eigenvalue weighted by Gasteiger charge is -2.20. The summed E-state index contributed by atoms with van der Waals surface area (Å²) in [6, 6.07) is 26.8. The molecule has 0 aliphatic heterocycles. The van der Waals surface area contributed by atoms with Crippen LogP contribution in [0.1, 0.15) is 44.5 Å². The Morgan fingerprint density at radius 1 is 0.903 bits per heavy atom. The van der Waals surface area contributed by atoms with E-state index in [0.29, 0.717) is 17.9 Å². The lowest BCUT2D eigenvalue weighted by atomic mass is 9.98. The van der Waals surface area contributed by atoms with Gasteiger partial charge in [-0.3, -0.25) is 4.79 Å². The number of rotatable bonds is 7. The Balaban J connectivity index is 1.47. The van der Waals surface area contributed by atoms with Gasteiger partial charge in [0, 0.05) is 5.56 Å². The lowest BCUT2D eigenvalue weighted by molar-refractivity contribution is 0.0943. The van der Waals surface area contributed by atoms with Crippen molar-refractivity contribution in [1.82, 2.24) is 10.5 Å². The molecule has 1 heterocycles. The van der Waals surface area contributed by atoms with Crippen molar-refractivity contribution in [3.63, 3.8) is 0 Å². The first-order valence-corrected chi connectivity index (χ1v) is 10.2. The van der Waals surface area contributed by atoms with E-state index in [1.807, 2.05) is 74.5 Å². The highest BCUT2D eigenvalue weighted by Gasteiger charge is 2.17. The molecule has 1 aromatic heterocycles. The minimum Gasteiger partial charge on any atom is -0.489 e. The number of carbonyl (C=O) groups excluding carboxylic acids is 1. The van der Waals surface area contributed by atoms with E-state index in [1.54, 1.807) is 24.3 Å². The number of nitrogens with one attached hydrogen (secondary N) is 1. The summed E-state index contributed by atoms with van der Waals surface area (Å²) in [5.41, 5.74) is 4.39. The highest BCUT2D eigenvalue weighted by molar-refractivity contribution is 5.94. The molecule has 1 amide bonds. The standard InChI is InChI=1S/C26H24N2O3/c1-18-24(19(2)31-28-18)17-30-23-15-13-22(14-16-23)26(29)27-25(20-9-5-3-6-10-20)21-11-7-4-8-12-21/h3-16,25H,17H2,1-2H3,(H,27,29). The summed E-state index contributed by atoms with van der Waals surface area (Å²) in [7, 11) is 0. The number of aromatic nitrogens is 1. The SMILES string of the molecule is Cc1noc(C)c1COc1ccc(C(=O)NC(c2ccccc2)c2ccccc2)cc1. The Morgan fingerprint density at radius 3 is 2.00 bits per heavy atom. The number of benzene rings is 3. The molecule has 4 rings (SSSR count). The Hall–Kier alpha value is -3.86. The Kier molecular flexibility index (Phi) is 6.13. The molecule has 5 heteroatoms. The molecule has 0 saturated carbocycles. The van der Waals surface area contributed by atoms with Gasteiger partial charge in [0.05, 0.1) is 17.3 Å². The molecule has 5 nitrogen and oxygen atoms in total. The maximum absolute atomic E-state index is 13.0. The van der Waals surface area contributed by atoms with E-state index in [4.69, 9.17) is 9.26 Å². The highest BCUT2D eigenvalue weighted by atomic mass is 16.5. The summed E-state index contributed by atoms with van der Waals surface area (Å²) in [5.74, 6) is 1.29. The first-order chi connectivity index (χ1) is 15.1. The topological polar surface area (TPSA) is 64.4 Å². The number of hydrogen-bond acceptors (Lipinski definition) is 4. The molecule has 0 saturated heterocycles. The second-order valence-electron chi connectivity index (χ2n) is 7.34. The Bertz CT molecular complexity index is 1080. The lowest BCUT2D eigenvalue weighted by Crippen LogP contribution is -2.29. The van der Waals surface area contributed by atoms with Crippen LogP contribution in [0.3, 0.4) is 0 Å². The molecule has 0 aliphatic rings. The van der Waals surface area contributed by atoms with Gasteiger partial charge < -0.3 is 14.6 Å². The molecule has 0 radical (unpaired) electrons. The van der Waals surface area contributed by atoms with Crippen LogP contribution < -0.4 is 10.1 Å². The summed E-state index contributed by atoms with van der Waals surface area (Å²) < 4.78 is 11.0. The zero-order valence-corrected chi connectivity index (χ0v) is 17.5. The fourth-order valence-corrected chi connectivity index (χ4v) is 3.43. The van der Waals surface area contributed by atoms with Crippen molar-refractivity contribution in [2.45, 2.75) is 26.5 Å². The maximum atomic E-state index is 13.0. The van der Waals surface area contributed by atoms with Gasteiger partial charge in [0.15, 0.2) is 0 Å². The third-order valence-electron chi connectivity index (χ3n) is 5.22. The average molecular weight is 412 g/mol. The predicted molar refractivity (Wildman–Crippen MR) is 119 cm³/mol. The molecule has 1 N–H and O–H groups in total. The summed E-state index contributed by atoms with van der Waals surface area (Å²) >= 11 is 0. The van der Waals surface area contributed by atoms with Gasteiger partial charge in [-0.05, 0) is 49.2 Å². The largest absolute Gasteiger partial charge is 0.489 e. The van der Waals surface area contributed by atoms with E-state index >= 15 is 0 Å². The number of hydrogen-bond donors (Lipinski definition) is 1. The molecule has 31 heavy (non-hydrogen) atoms. The summed E-state index contributed by atoms with van der Waals surface area (Å²) in [6.45, 7) is 4.12. The van der Waals surface area contributed by atoms with Crippen LogP contribution in [0.2, 0.25) is 0 Å². The van der Waals surface area contributed by atoms with E-state index in [1.165, 1.54) is 0 Å². The molecule has 0 bridgehead atoms. The number of nitrogens with zero attached hydrogens (tertiary/aromatic N) is 1. The van der Waals surface area contributed by atoms with Crippen molar-refractivity contribution in [3.05, 3.63) is 119 Å². The molecular formula is C26H24N2O3. The van der Waals surface area contributed by atoms with E-state index in [2.05, 4.69) is 10.5 Å². The number of amides is 1. The van der Waals surface area contributed by atoms with Crippen LogP contribution in [0.25, 0.3) is 0 Å². The number of carbonyl (C=O) groups is 1. The number of aryl methyl sites for hydroxylation is 2. The minimum absolute atomic E-state index is 0.144. The van der Waals surface area contributed by atoms with Crippen LogP contribution in [0, 0.1) is 13.8 Å². The Morgan fingerprint density at radius 2 is 1.48 bits per heavy atom. The second-order valence-corrected chi connectivity index (χ2v) is 7.34. The third-order valence-corrected chi connectivity index (χ3v) is 5.22. The van der Waals surface area contributed by atoms with E-state index < -0.39 is 0 Å². The molecule has 0 spiro atoms. The van der Waals surface area contributed by atoms with Gasteiger partial charge in [0.2, 0.25) is 0 Å². The van der Waals surface area contributed by atoms with Crippen molar-refractivity contribution < 1.29 is 14.1 Å². The zero-order valence-electron chi connectivity index (χ0n) is 17.5. The van der Waals surface area contributed by atoms with Crippen molar-refractivity contribution in [1.29, 1.82) is 0 Å². The van der Waals surface area contributed by atoms with Crippen LogP contribution in [-0.2, 0) is 6.61 Å². The molecule has 3 aromatic carbocycles. The predicted octanol–water partition coefficient (Wildman–Crippen LogP) is 5.39. The van der Waals surface area contributed by atoms with Crippen LogP contribution in [0.4, 0.5) is 0 Å². The van der Waals surface area contributed by atoms with Crippen molar-refractivity contribution in [2.24, 2.45) is 0 Å². The Labute approximate surface area is 181 Å². The van der Waals surface area contributed by atoms with Crippen molar-refractivity contribution >= 4 is 5.91 Å². The van der Waals surface area contributed by atoms with Crippen molar-refractivity contribution in [3.8, 4) is 5.75 Å². The minimum atomic E-state index is -0.231. The maximum Gasteiger partial charge on any atom is 0.252 e. The monoisotopic (exact) mass is 412 g/mol. The normalized spacial score (nSPS) is 10.8. The molecular weight excluding hydrogens is 388 g/mol. The van der Waals surface area contributed by atoms with Crippen LogP contribution in [-0.4, -0.2) is 11.1 Å². The molecule has 0 unspecified atom stereocenters. The van der Waals surface area contributed by atoms with E-state index in [-0.39, 0.29) is 11.9 Å². The smallest absolute Gasteiger partial charge is 0.252 e. The summed E-state index contributed by atoms with van der Waals surface area (Å²) in [6.07, 6.45) is 0. The van der Waals surface area contributed by atoms with E-state index in [0.717, 1.165) is 28.1 Å². The summed E-state index contributed by atoms with van der Waals surface area (Å²) in [5, 5.41) is 7.09. The fraction of sp³-hybridized carbons (Fsp3) is 0.154. The van der Waals surface area contributed by atoms with Gasteiger partial charge in [0.1, 0.15) is 18.1 Å². The third kappa shape index (κ3) is 4.83. The molecule has 156 valence electrons. The van der Waals surface area contributed by atoms with Crippen LogP contribution in [0.15, 0.2) is 89.5 Å². The first-order valence-electron chi connectivity index (χ1n) is 10.2. The summed E-state index contributed by atoms with van der Waals surface area (Å²) in [4.78, 5) is 13.0. The van der Waals surface area contributed by atoms with Crippen LogP contribution >= 0.6 is 0 Å². The van der Waals surface area contributed by atoms with Crippen LogP contribution in [0.5, 0.6) is 5.75 Å². The van der Waals surface area contributed by atoms with Gasteiger partial charge in [-0.25, -0.2) is 0 Å². The second kappa shape index (κ2) is 9.30. The van der Waals surface area contributed by atoms with Gasteiger partial charge in [-0.1, -0.05) is 65.8 Å². The number of ether oxygens (including phenoxy) is 1. The quantitative estimate of drug-likeness (QED) is 0.442. The molecule has 0 aliphatic carbocycles. The first kappa shape index (κ1) is 20.4. The highest BCUT2D eigenvalue weighted by Crippen LogP contribution is 2.23. The van der Waals surface area contributed by atoms with Crippen molar-refractivity contribution in [2.75, 3.05) is 0 Å². The molecule has 0 fully saturated rings. The zero-order chi connectivity index (χ0) is 21.6. The molecule has 0 atom stereocenters. The van der Waals surface area contributed by atoms with Gasteiger partial charge >= 0.3 is 0 Å². The van der Waals surface area contributed by atoms with E-state index in [9.17, 15) is 4.79 Å². The van der Waals surface area contributed by atoms with Gasteiger partial charge in [-0.15, -0.1) is 0 Å². The van der Waals surface area contributed by atoms with Gasteiger partial charge in [0.25, 0.3) is 5.91 Å². The fourth-order valence-electron chi connectivity index (χ4n) is 3.43.